The van der Waals surface area contributed by atoms with E-state index in [1.54, 1.807) is 0 Å². The summed E-state index contributed by atoms with van der Waals surface area (Å²) in [6, 6.07) is 1.37. The highest BCUT2D eigenvalue weighted by Gasteiger charge is 2.09. The third-order valence-corrected chi connectivity index (χ3v) is 1.54. The summed E-state index contributed by atoms with van der Waals surface area (Å²) in [4.78, 5) is 11.0. The molecule has 0 aliphatic heterocycles. The van der Waals surface area contributed by atoms with Crippen LogP contribution < -0.4 is 11.3 Å². The molecule has 5 nitrogen and oxygen atoms in total. The standard InChI is InChI=1S/C8H10F2N2O3/c9-7(10)4-14-3-6-1-5(2-15-6)8(13)12-11/h1-2,7H,3-4,11H2,(H,12,13). The van der Waals surface area contributed by atoms with Gasteiger partial charge in [0.2, 0.25) is 0 Å². The van der Waals surface area contributed by atoms with E-state index < -0.39 is 18.9 Å². The zero-order valence-electron chi connectivity index (χ0n) is 7.70. The van der Waals surface area contributed by atoms with Gasteiger partial charge in [-0.05, 0) is 6.07 Å². The van der Waals surface area contributed by atoms with E-state index >= 15 is 0 Å². The van der Waals surface area contributed by atoms with Gasteiger partial charge in [0.25, 0.3) is 12.3 Å². The summed E-state index contributed by atoms with van der Waals surface area (Å²) in [5, 5.41) is 0. The van der Waals surface area contributed by atoms with Crippen molar-refractivity contribution in [1.29, 1.82) is 0 Å². The van der Waals surface area contributed by atoms with Crippen molar-refractivity contribution < 1.29 is 22.7 Å². The Hall–Kier alpha value is -1.47. The van der Waals surface area contributed by atoms with Crippen LogP contribution in [0.25, 0.3) is 0 Å². The zero-order chi connectivity index (χ0) is 11.3. The molecule has 0 aliphatic carbocycles. The third-order valence-electron chi connectivity index (χ3n) is 1.54. The molecule has 0 fully saturated rings. The molecule has 0 saturated heterocycles. The van der Waals surface area contributed by atoms with Gasteiger partial charge in [0.1, 0.15) is 25.2 Å². The fraction of sp³-hybridized carbons (Fsp3) is 0.375. The van der Waals surface area contributed by atoms with E-state index in [4.69, 9.17) is 10.3 Å². The van der Waals surface area contributed by atoms with Gasteiger partial charge in [-0.1, -0.05) is 0 Å². The number of rotatable bonds is 5. The van der Waals surface area contributed by atoms with Gasteiger partial charge in [0, 0.05) is 0 Å². The maximum Gasteiger partial charge on any atom is 0.268 e. The van der Waals surface area contributed by atoms with Crippen molar-refractivity contribution in [2.75, 3.05) is 6.61 Å². The van der Waals surface area contributed by atoms with Gasteiger partial charge in [0.05, 0.1) is 5.56 Å². The SMILES string of the molecule is NNC(=O)c1coc(COCC(F)F)c1. The maximum atomic E-state index is 11.7. The van der Waals surface area contributed by atoms with Gasteiger partial charge in [-0.15, -0.1) is 0 Å². The third kappa shape index (κ3) is 3.64. The van der Waals surface area contributed by atoms with Gasteiger partial charge in [-0.3, -0.25) is 10.2 Å². The van der Waals surface area contributed by atoms with Crippen LogP contribution in [-0.4, -0.2) is 18.9 Å². The number of nitrogens with two attached hydrogens (primary N) is 1. The van der Waals surface area contributed by atoms with E-state index in [0.29, 0.717) is 0 Å². The van der Waals surface area contributed by atoms with Crippen molar-refractivity contribution in [1.82, 2.24) is 5.43 Å². The van der Waals surface area contributed by atoms with E-state index in [1.807, 2.05) is 5.43 Å². The van der Waals surface area contributed by atoms with Gasteiger partial charge in [-0.2, -0.15) is 0 Å². The maximum absolute atomic E-state index is 11.7. The van der Waals surface area contributed by atoms with Crippen LogP contribution in [0.1, 0.15) is 16.1 Å². The fourth-order valence-corrected chi connectivity index (χ4v) is 0.907. The number of halogens is 2. The highest BCUT2D eigenvalue weighted by molar-refractivity contribution is 5.93. The molecule has 0 spiro atoms. The smallest absolute Gasteiger partial charge is 0.268 e. The first-order valence-corrected chi connectivity index (χ1v) is 4.07. The number of hydrogen-bond acceptors (Lipinski definition) is 4. The van der Waals surface area contributed by atoms with Crippen LogP contribution in [0, 0.1) is 0 Å². The molecular formula is C8H10F2N2O3. The number of alkyl halides is 2. The minimum Gasteiger partial charge on any atom is -0.466 e. The Balaban J connectivity index is 2.43. The van der Waals surface area contributed by atoms with Gasteiger partial charge in [-0.25, -0.2) is 14.6 Å². The average Bonchev–Trinajstić information content (AvgIpc) is 2.65. The molecular weight excluding hydrogens is 210 g/mol. The lowest BCUT2D eigenvalue weighted by atomic mass is 10.3. The summed E-state index contributed by atoms with van der Waals surface area (Å²) in [5.41, 5.74) is 2.13. The summed E-state index contributed by atoms with van der Waals surface area (Å²) < 4.78 is 32.9. The normalized spacial score (nSPS) is 10.7. The Labute approximate surface area is 84.2 Å². The van der Waals surface area contributed by atoms with Crippen LogP contribution in [0.2, 0.25) is 0 Å². The molecule has 0 aromatic carbocycles. The van der Waals surface area contributed by atoms with Gasteiger partial charge in [0.15, 0.2) is 0 Å². The molecule has 1 heterocycles. The summed E-state index contributed by atoms with van der Waals surface area (Å²) in [5.74, 6) is 4.65. The summed E-state index contributed by atoms with van der Waals surface area (Å²) in [6.07, 6.45) is -1.35. The second kappa shape index (κ2) is 5.42. The lowest BCUT2D eigenvalue weighted by molar-refractivity contribution is 0.00453. The molecule has 0 aliphatic rings. The first-order chi connectivity index (χ1) is 7.13. The summed E-state index contributed by atoms with van der Waals surface area (Å²) in [7, 11) is 0. The molecule has 0 atom stereocenters. The average molecular weight is 220 g/mol. The molecule has 15 heavy (non-hydrogen) atoms. The van der Waals surface area contributed by atoms with E-state index in [2.05, 4.69) is 4.74 Å². The molecule has 84 valence electrons. The highest BCUT2D eigenvalue weighted by atomic mass is 19.3. The van der Waals surface area contributed by atoms with Crippen LogP contribution in [0.5, 0.6) is 0 Å². The second-order valence-electron chi connectivity index (χ2n) is 2.68. The first kappa shape index (κ1) is 11.6. The van der Waals surface area contributed by atoms with Gasteiger partial charge >= 0.3 is 0 Å². The Kier molecular flexibility index (Phi) is 4.19. The van der Waals surface area contributed by atoms with Crippen molar-refractivity contribution >= 4 is 5.91 Å². The molecule has 1 amide bonds. The van der Waals surface area contributed by atoms with E-state index in [-0.39, 0.29) is 17.9 Å². The van der Waals surface area contributed by atoms with Crippen molar-refractivity contribution in [3.8, 4) is 0 Å². The number of furan rings is 1. The van der Waals surface area contributed by atoms with E-state index in [9.17, 15) is 13.6 Å². The topological polar surface area (TPSA) is 77.5 Å². The molecule has 0 radical (unpaired) electrons. The summed E-state index contributed by atoms with van der Waals surface area (Å²) >= 11 is 0. The van der Waals surface area contributed by atoms with Crippen LogP contribution in [0.15, 0.2) is 16.7 Å². The van der Waals surface area contributed by atoms with Crippen molar-refractivity contribution in [3.63, 3.8) is 0 Å². The number of nitrogens with one attached hydrogen (secondary N) is 1. The number of carbonyl (C=O) groups excluding carboxylic acids is 1. The van der Waals surface area contributed by atoms with E-state index in [0.717, 1.165) is 0 Å². The minimum atomic E-state index is -2.52. The first-order valence-electron chi connectivity index (χ1n) is 4.07. The molecule has 7 heteroatoms. The Morgan fingerprint density at radius 3 is 3.00 bits per heavy atom. The van der Waals surface area contributed by atoms with Crippen LogP contribution in [-0.2, 0) is 11.3 Å². The lowest BCUT2D eigenvalue weighted by Crippen LogP contribution is -2.29. The number of ether oxygens (including phenoxy) is 1. The van der Waals surface area contributed by atoms with Gasteiger partial charge < -0.3 is 9.15 Å². The zero-order valence-corrected chi connectivity index (χ0v) is 7.70. The predicted molar refractivity (Wildman–Crippen MR) is 46.0 cm³/mol. The predicted octanol–water partition coefficient (Wildman–Crippen LogP) is 0.665. The molecule has 1 rings (SSSR count). The molecule has 1 aromatic rings. The fourth-order valence-electron chi connectivity index (χ4n) is 0.907. The molecule has 1 aromatic heterocycles. The molecule has 0 unspecified atom stereocenters. The molecule has 0 bridgehead atoms. The van der Waals surface area contributed by atoms with Crippen LogP contribution in [0.4, 0.5) is 8.78 Å². The number of amides is 1. The van der Waals surface area contributed by atoms with Crippen molar-refractivity contribution in [2.24, 2.45) is 5.84 Å². The monoisotopic (exact) mass is 220 g/mol. The minimum absolute atomic E-state index is 0.109. The Morgan fingerprint density at radius 2 is 2.40 bits per heavy atom. The lowest BCUT2D eigenvalue weighted by Gasteiger charge is -1.99. The van der Waals surface area contributed by atoms with Crippen molar-refractivity contribution in [2.45, 2.75) is 13.0 Å². The van der Waals surface area contributed by atoms with Crippen molar-refractivity contribution in [3.05, 3.63) is 23.7 Å². The number of hydrogen-bond donors (Lipinski definition) is 2. The largest absolute Gasteiger partial charge is 0.466 e. The Morgan fingerprint density at radius 1 is 1.67 bits per heavy atom. The van der Waals surface area contributed by atoms with E-state index in [1.165, 1.54) is 12.3 Å². The number of hydrazine groups is 1. The molecule has 0 saturated carbocycles. The van der Waals surface area contributed by atoms with Crippen LogP contribution >= 0.6 is 0 Å². The summed E-state index contributed by atoms with van der Waals surface area (Å²) in [6.45, 7) is -0.776. The Bertz CT molecular complexity index is 327. The van der Waals surface area contributed by atoms with Crippen LogP contribution in [0.3, 0.4) is 0 Å². The second-order valence-corrected chi connectivity index (χ2v) is 2.68. The highest BCUT2D eigenvalue weighted by Crippen LogP contribution is 2.09. The number of carbonyl (C=O) groups is 1. The quantitative estimate of drug-likeness (QED) is 0.434. The number of nitrogen functional groups attached to an aromatic ring is 1. The molecule has 3 N–H and O–H groups in total.